The van der Waals surface area contributed by atoms with Crippen LogP contribution < -0.4 is 10.8 Å². The van der Waals surface area contributed by atoms with Gasteiger partial charge in [-0.2, -0.15) is 0 Å². The van der Waals surface area contributed by atoms with E-state index < -0.39 is 17.6 Å². The van der Waals surface area contributed by atoms with E-state index in [1.54, 1.807) is 42.5 Å². The van der Waals surface area contributed by atoms with Crippen molar-refractivity contribution < 1.29 is 19.2 Å². The zero-order chi connectivity index (χ0) is 18.5. The summed E-state index contributed by atoms with van der Waals surface area (Å²) in [5, 5.41) is 11.2. The standard InChI is InChI=1S/C20H15FN2O3/c21-18-16(13-6-2-1-3-7-13)10-5-11-17(18)20(25)22-15-9-4-8-14(12-15)19(24)23-26/h1-12,26H,(H,22,25)(H,23,24). The summed E-state index contributed by atoms with van der Waals surface area (Å²) in [7, 11) is 0. The third kappa shape index (κ3) is 3.60. The Morgan fingerprint density at radius 2 is 1.58 bits per heavy atom. The van der Waals surface area contributed by atoms with E-state index in [0.29, 0.717) is 16.8 Å². The first-order valence-electron chi connectivity index (χ1n) is 7.80. The Hall–Kier alpha value is -3.51. The lowest BCUT2D eigenvalue weighted by molar-refractivity contribution is 0.0706. The number of carbonyl (C=O) groups is 2. The highest BCUT2D eigenvalue weighted by Crippen LogP contribution is 2.25. The van der Waals surface area contributed by atoms with Gasteiger partial charge in [0.2, 0.25) is 0 Å². The zero-order valence-corrected chi connectivity index (χ0v) is 13.6. The molecule has 3 aromatic rings. The maximum Gasteiger partial charge on any atom is 0.274 e. The maximum atomic E-state index is 14.8. The predicted molar refractivity (Wildman–Crippen MR) is 95.5 cm³/mol. The van der Waals surface area contributed by atoms with Gasteiger partial charge in [-0.05, 0) is 29.8 Å². The van der Waals surface area contributed by atoms with Crippen LogP contribution in [0.2, 0.25) is 0 Å². The van der Waals surface area contributed by atoms with E-state index in [0.717, 1.165) is 0 Å². The van der Waals surface area contributed by atoms with Crippen molar-refractivity contribution in [3.05, 3.63) is 89.7 Å². The molecule has 0 bridgehead atoms. The largest absolute Gasteiger partial charge is 0.322 e. The molecule has 0 fully saturated rings. The van der Waals surface area contributed by atoms with Crippen LogP contribution in [0.5, 0.6) is 0 Å². The van der Waals surface area contributed by atoms with Crippen LogP contribution in [0.1, 0.15) is 20.7 Å². The molecule has 0 spiro atoms. The number of hydrogen-bond acceptors (Lipinski definition) is 3. The first-order valence-corrected chi connectivity index (χ1v) is 7.80. The number of anilines is 1. The van der Waals surface area contributed by atoms with Crippen LogP contribution in [0, 0.1) is 5.82 Å². The summed E-state index contributed by atoms with van der Waals surface area (Å²) in [4.78, 5) is 23.9. The lowest BCUT2D eigenvalue weighted by atomic mass is 10.0. The van der Waals surface area contributed by atoms with Crippen LogP contribution in [0.15, 0.2) is 72.8 Å². The number of hydroxylamine groups is 1. The average molecular weight is 350 g/mol. The highest BCUT2D eigenvalue weighted by atomic mass is 19.1. The molecule has 3 aromatic carbocycles. The summed E-state index contributed by atoms with van der Waals surface area (Å²) in [5.41, 5.74) is 2.86. The fourth-order valence-electron chi connectivity index (χ4n) is 2.55. The van der Waals surface area contributed by atoms with Crippen LogP contribution in [-0.2, 0) is 0 Å². The summed E-state index contributed by atoms with van der Waals surface area (Å²) >= 11 is 0. The van der Waals surface area contributed by atoms with Crippen LogP contribution >= 0.6 is 0 Å². The topological polar surface area (TPSA) is 78.4 Å². The van der Waals surface area contributed by atoms with Gasteiger partial charge >= 0.3 is 0 Å². The van der Waals surface area contributed by atoms with Gasteiger partial charge in [0.25, 0.3) is 11.8 Å². The predicted octanol–water partition coefficient (Wildman–Crippen LogP) is 3.86. The molecule has 0 saturated heterocycles. The quantitative estimate of drug-likeness (QED) is 0.494. The number of benzene rings is 3. The van der Waals surface area contributed by atoms with Crippen molar-refractivity contribution >= 4 is 17.5 Å². The molecule has 0 atom stereocenters. The van der Waals surface area contributed by atoms with Gasteiger partial charge in [0.1, 0.15) is 5.82 Å². The van der Waals surface area contributed by atoms with E-state index in [4.69, 9.17) is 5.21 Å². The van der Waals surface area contributed by atoms with E-state index in [2.05, 4.69) is 5.32 Å². The minimum atomic E-state index is -0.710. The van der Waals surface area contributed by atoms with Gasteiger partial charge in [-0.1, -0.05) is 48.5 Å². The lowest BCUT2D eigenvalue weighted by Crippen LogP contribution is -2.19. The van der Waals surface area contributed by atoms with E-state index in [1.165, 1.54) is 29.7 Å². The molecule has 130 valence electrons. The van der Waals surface area contributed by atoms with Gasteiger partial charge in [-0.3, -0.25) is 14.8 Å². The molecule has 2 amide bonds. The summed E-state index contributed by atoms with van der Waals surface area (Å²) in [5.74, 6) is -1.97. The fourth-order valence-corrected chi connectivity index (χ4v) is 2.55. The maximum absolute atomic E-state index is 14.8. The van der Waals surface area contributed by atoms with Crippen LogP contribution in [0.25, 0.3) is 11.1 Å². The van der Waals surface area contributed by atoms with E-state index in [1.807, 2.05) is 6.07 Å². The molecule has 0 saturated carbocycles. The van der Waals surface area contributed by atoms with Gasteiger partial charge < -0.3 is 5.32 Å². The van der Waals surface area contributed by atoms with E-state index in [9.17, 15) is 14.0 Å². The van der Waals surface area contributed by atoms with E-state index in [-0.39, 0.29) is 11.1 Å². The number of carbonyl (C=O) groups excluding carboxylic acids is 2. The van der Waals surface area contributed by atoms with Gasteiger partial charge in [0, 0.05) is 16.8 Å². The van der Waals surface area contributed by atoms with Crippen LogP contribution in [0.3, 0.4) is 0 Å². The molecule has 0 aliphatic heterocycles. The smallest absolute Gasteiger partial charge is 0.274 e. The van der Waals surface area contributed by atoms with Gasteiger partial charge in [0.05, 0.1) is 5.56 Å². The second-order valence-corrected chi connectivity index (χ2v) is 5.51. The molecular weight excluding hydrogens is 335 g/mol. The van der Waals surface area contributed by atoms with Crippen molar-refractivity contribution in [1.29, 1.82) is 0 Å². The van der Waals surface area contributed by atoms with Crippen LogP contribution in [-0.4, -0.2) is 17.0 Å². The Balaban J connectivity index is 1.88. The number of hydrogen-bond donors (Lipinski definition) is 3. The van der Waals surface area contributed by atoms with Crippen molar-refractivity contribution in [3.8, 4) is 11.1 Å². The van der Waals surface area contributed by atoms with E-state index >= 15 is 0 Å². The molecule has 0 aromatic heterocycles. The fraction of sp³-hybridized carbons (Fsp3) is 0. The van der Waals surface area contributed by atoms with Gasteiger partial charge in [-0.15, -0.1) is 0 Å². The molecule has 26 heavy (non-hydrogen) atoms. The second kappa shape index (κ2) is 7.58. The van der Waals surface area contributed by atoms with Gasteiger partial charge in [0.15, 0.2) is 0 Å². The molecule has 0 radical (unpaired) electrons. The molecule has 0 heterocycles. The summed E-state index contributed by atoms with van der Waals surface area (Å²) in [6.45, 7) is 0. The molecule has 0 aliphatic rings. The minimum Gasteiger partial charge on any atom is -0.322 e. The van der Waals surface area contributed by atoms with Crippen LogP contribution in [0.4, 0.5) is 10.1 Å². The zero-order valence-electron chi connectivity index (χ0n) is 13.6. The van der Waals surface area contributed by atoms with Crippen molar-refractivity contribution in [2.45, 2.75) is 0 Å². The molecular formula is C20H15FN2O3. The molecule has 5 nitrogen and oxygen atoms in total. The lowest BCUT2D eigenvalue weighted by Gasteiger charge is -2.10. The Morgan fingerprint density at radius 1 is 0.846 bits per heavy atom. The molecule has 3 N–H and O–H groups in total. The number of rotatable bonds is 4. The first kappa shape index (κ1) is 17.3. The third-order valence-corrected chi connectivity index (χ3v) is 3.81. The summed E-state index contributed by atoms with van der Waals surface area (Å²) in [6, 6.07) is 19.5. The Labute approximate surface area is 149 Å². The Bertz CT molecular complexity index is 958. The van der Waals surface area contributed by atoms with Crippen molar-refractivity contribution in [3.63, 3.8) is 0 Å². The average Bonchev–Trinajstić information content (AvgIpc) is 2.68. The molecule has 3 rings (SSSR count). The minimum absolute atomic E-state index is 0.108. The third-order valence-electron chi connectivity index (χ3n) is 3.81. The SMILES string of the molecule is O=C(NO)c1cccc(NC(=O)c2cccc(-c3ccccc3)c2F)c1. The number of halogens is 1. The highest BCUT2D eigenvalue weighted by Gasteiger charge is 2.16. The monoisotopic (exact) mass is 350 g/mol. The second-order valence-electron chi connectivity index (χ2n) is 5.51. The van der Waals surface area contributed by atoms with Crippen molar-refractivity contribution in [2.24, 2.45) is 0 Å². The van der Waals surface area contributed by atoms with Gasteiger partial charge in [-0.25, -0.2) is 9.87 Å². The number of amides is 2. The number of nitrogens with one attached hydrogen (secondary N) is 2. The molecule has 0 aliphatic carbocycles. The Kier molecular flexibility index (Phi) is 5.05. The van der Waals surface area contributed by atoms with Crippen molar-refractivity contribution in [1.82, 2.24) is 5.48 Å². The summed E-state index contributed by atoms with van der Waals surface area (Å²) < 4.78 is 14.8. The highest BCUT2D eigenvalue weighted by molar-refractivity contribution is 6.06. The Morgan fingerprint density at radius 3 is 2.31 bits per heavy atom. The first-order chi connectivity index (χ1) is 12.6. The normalized spacial score (nSPS) is 10.2. The molecule has 6 heteroatoms. The molecule has 0 unspecified atom stereocenters. The summed E-state index contributed by atoms with van der Waals surface area (Å²) in [6.07, 6.45) is 0. The van der Waals surface area contributed by atoms with Crippen molar-refractivity contribution in [2.75, 3.05) is 5.32 Å².